The summed E-state index contributed by atoms with van der Waals surface area (Å²) < 4.78 is 1.79. The molecule has 31 heavy (non-hydrogen) atoms. The van der Waals surface area contributed by atoms with Crippen LogP contribution in [0.1, 0.15) is 47.1 Å². The fraction of sp³-hybridized carbons (Fsp3) is 0.304. The Kier molecular flexibility index (Phi) is 7.46. The number of para-hydroxylation sites is 1. The lowest BCUT2D eigenvalue weighted by Crippen LogP contribution is -2.24. The molecule has 3 rings (SSSR count). The summed E-state index contributed by atoms with van der Waals surface area (Å²) in [6.07, 6.45) is 0. The summed E-state index contributed by atoms with van der Waals surface area (Å²) in [5.74, 6) is 0.888. The maximum atomic E-state index is 12.4. The summed E-state index contributed by atoms with van der Waals surface area (Å²) in [6, 6.07) is 15.2. The van der Waals surface area contributed by atoms with Crippen LogP contribution in [0.25, 0.3) is 0 Å². The van der Waals surface area contributed by atoms with E-state index in [1.807, 2.05) is 50.4 Å². The molecule has 0 saturated carbocycles. The lowest BCUT2D eigenvalue weighted by atomic mass is 10.0. The van der Waals surface area contributed by atoms with Gasteiger partial charge in [-0.15, -0.1) is 10.2 Å². The SMILES string of the molecule is Cc1ccc(C(=O)NCc2nnc(SCC(=O)Nc3ccccc3C(C)C)n2C)cc1. The smallest absolute Gasteiger partial charge is 0.251 e. The van der Waals surface area contributed by atoms with Crippen LogP contribution in [0.2, 0.25) is 0 Å². The van der Waals surface area contributed by atoms with Crippen LogP contribution in [-0.2, 0) is 18.4 Å². The van der Waals surface area contributed by atoms with E-state index in [4.69, 9.17) is 0 Å². The summed E-state index contributed by atoms with van der Waals surface area (Å²) in [7, 11) is 1.82. The number of nitrogens with one attached hydrogen (secondary N) is 2. The van der Waals surface area contributed by atoms with Crippen LogP contribution in [-0.4, -0.2) is 32.3 Å². The zero-order valence-electron chi connectivity index (χ0n) is 18.2. The first-order valence-electron chi connectivity index (χ1n) is 10.1. The van der Waals surface area contributed by atoms with Gasteiger partial charge in [0, 0.05) is 18.3 Å². The molecular formula is C23H27N5O2S. The monoisotopic (exact) mass is 437 g/mol. The molecule has 3 aromatic rings. The molecule has 0 aliphatic heterocycles. The zero-order valence-corrected chi connectivity index (χ0v) is 19.0. The van der Waals surface area contributed by atoms with E-state index >= 15 is 0 Å². The van der Waals surface area contributed by atoms with Gasteiger partial charge in [-0.25, -0.2) is 0 Å². The Morgan fingerprint density at radius 2 is 1.77 bits per heavy atom. The van der Waals surface area contributed by atoms with Gasteiger partial charge in [-0.05, 0) is 36.6 Å². The number of amides is 2. The average molecular weight is 438 g/mol. The van der Waals surface area contributed by atoms with Gasteiger partial charge in [0.2, 0.25) is 5.91 Å². The van der Waals surface area contributed by atoms with Crippen LogP contribution in [0, 0.1) is 6.92 Å². The number of anilines is 1. The van der Waals surface area contributed by atoms with Gasteiger partial charge in [-0.3, -0.25) is 9.59 Å². The standard InChI is InChI=1S/C23H27N5O2S/c1-15(2)18-7-5-6-8-19(18)25-21(29)14-31-23-27-26-20(28(23)4)13-24-22(30)17-11-9-16(3)10-12-17/h5-12,15H,13-14H2,1-4H3,(H,24,30)(H,25,29). The third kappa shape index (κ3) is 5.95. The fourth-order valence-corrected chi connectivity index (χ4v) is 3.75. The molecule has 2 amide bonds. The van der Waals surface area contributed by atoms with Crippen molar-refractivity contribution in [2.45, 2.75) is 38.4 Å². The Balaban J connectivity index is 1.54. The molecule has 2 aromatic carbocycles. The predicted molar refractivity (Wildman–Crippen MR) is 123 cm³/mol. The first-order valence-corrected chi connectivity index (χ1v) is 11.1. The molecule has 1 aromatic heterocycles. The van der Waals surface area contributed by atoms with Gasteiger partial charge >= 0.3 is 0 Å². The average Bonchev–Trinajstić information content (AvgIpc) is 3.10. The highest BCUT2D eigenvalue weighted by Crippen LogP contribution is 2.24. The van der Waals surface area contributed by atoms with Crippen molar-refractivity contribution < 1.29 is 9.59 Å². The number of benzene rings is 2. The van der Waals surface area contributed by atoms with E-state index in [0.717, 1.165) is 16.8 Å². The van der Waals surface area contributed by atoms with E-state index in [0.29, 0.717) is 22.5 Å². The molecule has 0 spiro atoms. The molecule has 0 fully saturated rings. The summed E-state index contributed by atoms with van der Waals surface area (Å²) in [5.41, 5.74) is 3.63. The zero-order chi connectivity index (χ0) is 22.4. The minimum atomic E-state index is -0.166. The van der Waals surface area contributed by atoms with Crippen molar-refractivity contribution in [2.24, 2.45) is 7.05 Å². The number of carbonyl (C=O) groups excluding carboxylic acids is 2. The van der Waals surface area contributed by atoms with Crippen molar-refractivity contribution in [2.75, 3.05) is 11.1 Å². The Labute approximate surface area is 186 Å². The number of hydrogen-bond donors (Lipinski definition) is 2. The Morgan fingerprint density at radius 3 is 2.48 bits per heavy atom. The number of hydrogen-bond acceptors (Lipinski definition) is 5. The minimum absolute atomic E-state index is 0.102. The third-order valence-corrected chi connectivity index (χ3v) is 5.86. The predicted octanol–water partition coefficient (Wildman–Crippen LogP) is 3.91. The van der Waals surface area contributed by atoms with Gasteiger partial charge in [-0.2, -0.15) is 0 Å². The lowest BCUT2D eigenvalue weighted by Gasteiger charge is -2.13. The van der Waals surface area contributed by atoms with Crippen molar-refractivity contribution in [1.29, 1.82) is 0 Å². The third-order valence-electron chi connectivity index (χ3n) is 4.84. The van der Waals surface area contributed by atoms with E-state index in [2.05, 4.69) is 34.7 Å². The van der Waals surface area contributed by atoms with Crippen LogP contribution >= 0.6 is 11.8 Å². The number of aryl methyl sites for hydroxylation is 1. The molecule has 2 N–H and O–H groups in total. The highest BCUT2D eigenvalue weighted by molar-refractivity contribution is 7.99. The normalized spacial score (nSPS) is 10.9. The second-order valence-electron chi connectivity index (χ2n) is 7.59. The summed E-state index contributed by atoms with van der Waals surface area (Å²) >= 11 is 1.31. The molecule has 1 heterocycles. The van der Waals surface area contributed by atoms with Gasteiger partial charge in [0.05, 0.1) is 12.3 Å². The van der Waals surface area contributed by atoms with E-state index in [1.165, 1.54) is 11.8 Å². The van der Waals surface area contributed by atoms with Gasteiger partial charge in [0.15, 0.2) is 11.0 Å². The second-order valence-corrected chi connectivity index (χ2v) is 8.53. The van der Waals surface area contributed by atoms with Crippen LogP contribution < -0.4 is 10.6 Å². The van der Waals surface area contributed by atoms with Crippen LogP contribution in [0.15, 0.2) is 53.7 Å². The molecular weight excluding hydrogens is 410 g/mol. The van der Waals surface area contributed by atoms with E-state index < -0.39 is 0 Å². The molecule has 162 valence electrons. The van der Waals surface area contributed by atoms with Gasteiger partial charge in [0.25, 0.3) is 5.91 Å². The first-order chi connectivity index (χ1) is 14.8. The first kappa shape index (κ1) is 22.6. The summed E-state index contributed by atoms with van der Waals surface area (Å²) in [6.45, 7) is 6.42. The highest BCUT2D eigenvalue weighted by atomic mass is 32.2. The topological polar surface area (TPSA) is 88.9 Å². The number of thioether (sulfide) groups is 1. The van der Waals surface area contributed by atoms with Crippen molar-refractivity contribution >= 4 is 29.3 Å². The van der Waals surface area contributed by atoms with Crippen LogP contribution in [0.5, 0.6) is 0 Å². The number of rotatable bonds is 8. The minimum Gasteiger partial charge on any atom is -0.345 e. The van der Waals surface area contributed by atoms with Gasteiger partial charge < -0.3 is 15.2 Å². The largest absolute Gasteiger partial charge is 0.345 e. The number of carbonyl (C=O) groups is 2. The molecule has 0 saturated heterocycles. The van der Waals surface area contributed by atoms with Crippen LogP contribution in [0.3, 0.4) is 0 Å². The van der Waals surface area contributed by atoms with Gasteiger partial charge in [0.1, 0.15) is 0 Å². The quantitative estimate of drug-likeness (QED) is 0.522. The molecule has 0 aliphatic carbocycles. The summed E-state index contributed by atoms with van der Waals surface area (Å²) in [5, 5.41) is 14.7. The van der Waals surface area contributed by atoms with Crippen molar-refractivity contribution in [3.8, 4) is 0 Å². The maximum Gasteiger partial charge on any atom is 0.251 e. The van der Waals surface area contributed by atoms with Crippen LogP contribution in [0.4, 0.5) is 5.69 Å². The maximum absolute atomic E-state index is 12.4. The highest BCUT2D eigenvalue weighted by Gasteiger charge is 2.14. The van der Waals surface area contributed by atoms with E-state index in [9.17, 15) is 9.59 Å². The lowest BCUT2D eigenvalue weighted by molar-refractivity contribution is -0.113. The summed E-state index contributed by atoms with van der Waals surface area (Å²) in [4.78, 5) is 24.7. The molecule has 7 nitrogen and oxygen atoms in total. The second kappa shape index (κ2) is 10.3. The van der Waals surface area contributed by atoms with Crippen molar-refractivity contribution in [1.82, 2.24) is 20.1 Å². The number of aromatic nitrogens is 3. The van der Waals surface area contributed by atoms with E-state index in [1.54, 1.807) is 16.7 Å². The number of nitrogens with zero attached hydrogens (tertiary/aromatic N) is 3. The molecule has 0 unspecified atom stereocenters. The van der Waals surface area contributed by atoms with Crippen molar-refractivity contribution in [3.63, 3.8) is 0 Å². The van der Waals surface area contributed by atoms with Crippen molar-refractivity contribution in [3.05, 3.63) is 71.0 Å². The molecule has 0 bridgehead atoms. The molecule has 8 heteroatoms. The molecule has 0 aliphatic rings. The Morgan fingerprint density at radius 1 is 1.06 bits per heavy atom. The molecule has 0 atom stereocenters. The fourth-order valence-electron chi connectivity index (χ4n) is 3.02. The van der Waals surface area contributed by atoms with E-state index in [-0.39, 0.29) is 24.1 Å². The molecule has 0 radical (unpaired) electrons. The Bertz CT molecular complexity index is 1060. The Hall–Kier alpha value is -3.13. The van der Waals surface area contributed by atoms with Gasteiger partial charge in [-0.1, -0.05) is 61.5 Å².